The fourth-order valence-electron chi connectivity index (χ4n) is 4.01. The van der Waals surface area contributed by atoms with Crippen molar-refractivity contribution < 1.29 is 22.9 Å². The molecule has 1 aromatic rings. The molecule has 3 unspecified atom stereocenters. The second-order valence-electron chi connectivity index (χ2n) is 9.02. The molecule has 2 aliphatic rings. The van der Waals surface area contributed by atoms with Crippen LogP contribution < -0.4 is 5.14 Å². The van der Waals surface area contributed by atoms with E-state index in [-0.39, 0.29) is 28.2 Å². The predicted octanol–water partition coefficient (Wildman–Crippen LogP) is 5.39. The molecule has 0 spiro atoms. The molecule has 1 fully saturated rings. The van der Waals surface area contributed by atoms with E-state index in [4.69, 9.17) is 16.7 Å². The third-order valence-electron chi connectivity index (χ3n) is 5.61. The van der Waals surface area contributed by atoms with Gasteiger partial charge in [-0.1, -0.05) is 31.5 Å². The molecule has 31 heavy (non-hydrogen) atoms. The zero-order chi connectivity index (χ0) is 23.3. The predicted molar refractivity (Wildman–Crippen MR) is 119 cm³/mol. The van der Waals surface area contributed by atoms with Gasteiger partial charge < -0.3 is 5.11 Å². The molecule has 0 bridgehead atoms. The normalized spacial score (nSPS) is 24.3. The van der Waals surface area contributed by atoms with E-state index in [0.717, 1.165) is 18.9 Å². The highest BCUT2D eigenvalue weighted by Gasteiger charge is 2.42. The van der Waals surface area contributed by atoms with Crippen LogP contribution in [0.1, 0.15) is 51.8 Å². The Morgan fingerprint density at radius 1 is 1.42 bits per heavy atom. The third-order valence-corrected chi connectivity index (χ3v) is 9.29. The zero-order valence-corrected chi connectivity index (χ0v) is 20.2. The Kier molecular flexibility index (Phi) is 6.85. The Labute approximate surface area is 190 Å². The van der Waals surface area contributed by atoms with Crippen LogP contribution in [0.3, 0.4) is 0 Å². The SMILES string of the molecule is CC(C)C1=C(F)C(Cl)=CC(C2CC2)C1CC(=O)N=S(N)(=O)c1sc(C(C)(C)O)cc1F. The number of nitrogens with two attached hydrogens (primary N) is 1. The van der Waals surface area contributed by atoms with E-state index in [2.05, 4.69) is 4.36 Å². The average molecular weight is 493 g/mol. The van der Waals surface area contributed by atoms with Gasteiger partial charge in [0, 0.05) is 11.3 Å². The molecule has 3 rings (SSSR count). The fraction of sp³-hybridized carbons (Fsp3) is 0.571. The molecule has 172 valence electrons. The van der Waals surface area contributed by atoms with Crippen molar-refractivity contribution in [3.63, 3.8) is 0 Å². The van der Waals surface area contributed by atoms with Gasteiger partial charge in [0.1, 0.15) is 5.83 Å². The largest absolute Gasteiger partial charge is 0.385 e. The molecule has 3 N–H and O–H groups in total. The first-order valence-corrected chi connectivity index (χ1v) is 12.9. The van der Waals surface area contributed by atoms with Gasteiger partial charge in [0.25, 0.3) is 5.91 Å². The molecule has 1 heterocycles. The van der Waals surface area contributed by atoms with Crippen LogP contribution in [0.25, 0.3) is 0 Å². The van der Waals surface area contributed by atoms with Gasteiger partial charge >= 0.3 is 0 Å². The Bertz CT molecular complexity index is 1070. The van der Waals surface area contributed by atoms with Gasteiger partial charge in [-0.25, -0.2) is 18.1 Å². The standard InChI is InChI=1S/C21H27ClF2N2O3S2/c1-10(2)18-13(12(11-5-6-11)7-14(22)19(18)24)8-17(27)26-31(25,29)20-15(23)9-16(30-20)21(3,4)28/h7,9-13,28H,5-6,8H2,1-4H3,(H2,25,26,27,29). The van der Waals surface area contributed by atoms with E-state index in [0.29, 0.717) is 22.8 Å². The number of hydrogen-bond acceptors (Lipinski definition) is 4. The smallest absolute Gasteiger partial charge is 0.255 e. The quantitative estimate of drug-likeness (QED) is 0.557. The van der Waals surface area contributed by atoms with Crippen molar-refractivity contribution >= 4 is 38.8 Å². The van der Waals surface area contributed by atoms with Gasteiger partial charge in [-0.2, -0.15) is 0 Å². The van der Waals surface area contributed by atoms with E-state index in [9.17, 15) is 22.9 Å². The van der Waals surface area contributed by atoms with Gasteiger partial charge in [-0.15, -0.1) is 15.7 Å². The average Bonchev–Trinajstić information content (AvgIpc) is 3.36. The lowest BCUT2D eigenvalue weighted by atomic mass is 9.73. The molecule has 1 amide bonds. The maximum Gasteiger partial charge on any atom is 0.255 e. The van der Waals surface area contributed by atoms with Gasteiger partial charge in [0.05, 0.1) is 10.6 Å². The zero-order valence-electron chi connectivity index (χ0n) is 17.8. The summed E-state index contributed by atoms with van der Waals surface area (Å²) in [5, 5.41) is 15.9. The van der Waals surface area contributed by atoms with Crippen molar-refractivity contribution in [3.05, 3.63) is 39.3 Å². The van der Waals surface area contributed by atoms with Crippen LogP contribution in [-0.4, -0.2) is 15.2 Å². The first kappa shape index (κ1) is 24.5. The number of amides is 1. The molecule has 3 atom stereocenters. The summed E-state index contributed by atoms with van der Waals surface area (Å²) in [7, 11) is -3.86. The van der Waals surface area contributed by atoms with Crippen LogP contribution in [0.4, 0.5) is 8.78 Å². The Morgan fingerprint density at radius 2 is 2.03 bits per heavy atom. The maximum atomic E-state index is 14.8. The summed E-state index contributed by atoms with van der Waals surface area (Å²) in [4.78, 5) is 13.0. The number of aliphatic hydroxyl groups is 1. The third kappa shape index (κ3) is 5.27. The van der Waals surface area contributed by atoms with Crippen LogP contribution in [0.2, 0.25) is 0 Å². The molecule has 0 radical (unpaired) electrons. The highest BCUT2D eigenvalue weighted by Crippen LogP contribution is 2.51. The molecule has 2 aliphatic carbocycles. The topological polar surface area (TPSA) is 92.8 Å². The molecule has 0 saturated heterocycles. The van der Waals surface area contributed by atoms with E-state index in [1.165, 1.54) is 13.8 Å². The molecule has 1 saturated carbocycles. The van der Waals surface area contributed by atoms with Crippen molar-refractivity contribution in [1.29, 1.82) is 0 Å². The molecule has 10 heteroatoms. The number of rotatable bonds is 6. The van der Waals surface area contributed by atoms with E-state index in [1.54, 1.807) is 6.08 Å². The highest BCUT2D eigenvalue weighted by atomic mass is 35.5. The summed E-state index contributed by atoms with van der Waals surface area (Å²) in [6.45, 7) is 6.57. The Hall–Kier alpha value is -1.13. The Balaban J connectivity index is 1.93. The van der Waals surface area contributed by atoms with Crippen molar-refractivity contribution in [2.45, 2.75) is 56.8 Å². The second kappa shape index (κ2) is 8.67. The molecule has 0 aliphatic heterocycles. The number of halogens is 3. The van der Waals surface area contributed by atoms with E-state index in [1.807, 2.05) is 13.8 Å². The summed E-state index contributed by atoms with van der Waals surface area (Å²) < 4.78 is 45.3. The van der Waals surface area contributed by atoms with Gasteiger partial charge in [-0.05, 0) is 62.0 Å². The van der Waals surface area contributed by atoms with E-state index < -0.39 is 43.2 Å². The van der Waals surface area contributed by atoms with Crippen LogP contribution >= 0.6 is 22.9 Å². The molecule has 5 nitrogen and oxygen atoms in total. The lowest BCUT2D eigenvalue weighted by Gasteiger charge is -2.32. The molecule has 0 aromatic carbocycles. The van der Waals surface area contributed by atoms with Gasteiger partial charge in [0.2, 0.25) is 0 Å². The first-order valence-electron chi connectivity index (χ1n) is 10.1. The van der Waals surface area contributed by atoms with Crippen molar-refractivity contribution in [3.8, 4) is 0 Å². The number of nitrogens with zero attached hydrogens (tertiary/aromatic N) is 1. The van der Waals surface area contributed by atoms with Crippen molar-refractivity contribution in [2.24, 2.45) is 33.2 Å². The lowest BCUT2D eigenvalue weighted by molar-refractivity contribution is -0.118. The van der Waals surface area contributed by atoms with Gasteiger partial charge in [0.15, 0.2) is 19.9 Å². The summed E-state index contributed by atoms with van der Waals surface area (Å²) in [5.41, 5.74) is -0.911. The van der Waals surface area contributed by atoms with E-state index >= 15 is 0 Å². The van der Waals surface area contributed by atoms with Crippen LogP contribution in [0, 0.1) is 29.5 Å². The highest BCUT2D eigenvalue weighted by molar-refractivity contribution is 7.93. The second-order valence-corrected chi connectivity index (χ2v) is 12.5. The van der Waals surface area contributed by atoms with Crippen LogP contribution in [0.5, 0.6) is 0 Å². The summed E-state index contributed by atoms with van der Waals surface area (Å²) in [6, 6.07) is 1.04. The number of carbonyl (C=O) groups is 1. The van der Waals surface area contributed by atoms with Crippen molar-refractivity contribution in [2.75, 3.05) is 0 Å². The van der Waals surface area contributed by atoms with Gasteiger partial charge in [-0.3, -0.25) is 4.79 Å². The van der Waals surface area contributed by atoms with Crippen LogP contribution in [-0.2, 0) is 20.3 Å². The minimum absolute atomic E-state index is 0.0589. The molecule has 1 aromatic heterocycles. The lowest BCUT2D eigenvalue weighted by Crippen LogP contribution is -2.27. The fourth-order valence-corrected chi connectivity index (χ4v) is 6.69. The Morgan fingerprint density at radius 3 is 2.52 bits per heavy atom. The minimum Gasteiger partial charge on any atom is -0.385 e. The summed E-state index contributed by atoms with van der Waals surface area (Å²) in [5.74, 6) is -2.66. The number of allylic oxidation sites excluding steroid dienone is 4. The van der Waals surface area contributed by atoms with Crippen LogP contribution in [0.15, 0.2) is 37.1 Å². The van der Waals surface area contributed by atoms with Crippen molar-refractivity contribution in [1.82, 2.24) is 0 Å². The summed E-state index contributed by atoms with van der Waals surface area (Å²) >= 11 is 6.83. The minimum atomic E-state index is -3.86. The molecular formula is C21H27ClF2N2O3S2. The number of thiophene rings is 1. The number of hydrogen-bond donors (Lipinski definition) is 2. The first-order chi connectivity index (χ1) is 14.2. The maximum absolute atomic E-state index is 14.8. The summed E-state index contributed by atoms with van der Waals surface area (Å²) in [6.07, 6.45) is 3.40. The molecular weight excluding hydrogens is 466 g/mol. The monoisotopic (exact) mass is 492 g/mol. The number of carbonyl (C=O) groups excluding carboxylic acids is 1.